The fourth-order valence-corrected chi connectivity index (χ4v) is 1.14. The second-order valence-electron chi connectivity index (χ2n) is 2.85. The van der Waals surface area contributed by atoms with Crippen LogP contribution in [0.25, 0.3) is 11.6 Å². The van der Waals surface area contributed by atoms with E-state index in [2.05, 4.69) is 15.5 Å². The zero-order valence-corrected chi connectivity index (χ0v) is 7.70. The van der Waals surface area contributed by atoms with Crippen LogP contribution in [0.15, 0.2) is 22.8 Å². The lowest BCUT2D eigenvalue weighted by Crippen LogP contribution is -2.07. The summed E-state index contributed by atoms with van der Waals surface area (Å²) in [6.45, 7) is 0.221. The van der Waals surface area contributed by atoms with E-state index in [9.17, 15) is 4.79 Å². The first-order chi connectivity index (χ1) is 7.27. The molecule has 0 aliphatic rings. The monoisotopic (exact) mass is 208 g/mol. The van der Waals surface area contributed by atoms with Gasteiger partial charge < -0.3 is 9.52 Å². The molecular weight excluding hydrogens is 200 g/mol. The smallest absolute Gasteiger partial charge is 0.305 e. The first-order valence-corrected chi connectivity index (χ1v) is 4.29. The number of hydrogen-bond acceptors (Lipinski definition) is 5. The Kier molecular flexibility index (Phi) is 2.44. The number of aliphatic carboxylic acids is 1. The van der Waals surface area contributed by atoms with Crippen molar-refractivity contribution in [1.29, 1.82) is 0 Å². The van der Waals surface area contributed by atoms with Crippen LogP contribution >= 0.6 is 0 Å². The number of rotatable bonds is 4. The van der Waals surface area contributed by atoms with E-state index in [0.717, 1.165) is 0 Å². The van der Waals surface area contributed by atoms with Crippen LogP contribution in [0.1, 0.15) is 6.42 Å². The second kappa shape index (κ2) is 3.91. The normalized spacial score (nSPS) is 10.4. The number of furan rings is 1. The van der Waals surface area contributed by atoms with Gasteiger partial charge in [-0.05, 0) is 22.6 Å². The van der Waals surface area contributed by atoms with Gasteiger partial charge in [0.2, 0.25) is 5.82 Å². The summed E-state index contributed by atoms with van der Waals surface area (Å²) in [5.74, 6) is 0.0579. The van der Waals surface area contributed by atoms with Crippen LogP contribution in [0, 0.1) is 0 Å². The van der Waals surface area contributed by atoms with Crippen LogP contribution in [-0.4, -0.2) is 31.3 Å². The number of hydrogen-bond donors (Lipinski definition) is 1. The molecule has 0 bridgehead atoms. The average Bonchev–Trinajstić information content (AvgIpc) is 2.85. The summed E-state index contributed by atoms with van der Waals surface area (Å²) in [5, 5.41) is 19.4. The van der Waals surface area contributed by atoms with E-state index in [0.29, 0.717) is 11.6 Å². The second-order valence-corrected chi connectivity index (χ2v) is 2.85. The van der Waals surface area contributed by atoms with Crippen molar-refractivity contribution in [3.8, 4) is 11.6 Å². The summed E-state index contributed by atoms with van der Waals surface area (Å²) in [6.07, 6.45) is 1.48. The molecule has 0 atom stereocenters. The maximum Gasteiger partial charge on any atom is 0.305 e. The minimum atomic E-state index is -0.893. The van der Waals surface area contributed by atoms with Gasteiger partial charge in [0.05, 0.1) is 19.2 Å². The Hall–Kier alpha value is -2.18. The molecule has 15 heavy (non-hydrogen) atoms. The molecule has 0 aliphatic carbocycles. The number of aromatic nitrogens is 4. The van der Waals surface area contributed by atoms with Crippen LogP contribution < -0.4 is 0 Å². The van der Waals surface area contributed by atoms with Crippen molar-refractivity contribution in [2.45, 2.75) is 13.0 Å². The van der Waals surface area contributed by atoms with Crippen molar-refractivity contribution in [2.75, 3.05) is 0 Å². The third-order valence-electron chi connectivity index (χ3n) is 1.81. The van der Waals surface area contributed by atoms with Crippen LogP contribution in [0.5, 0.6) is 0 Å². The number of carboxylic acids is 1. The van der Waals surface area contributed by atoms with Crippen molar-refractivity contribution in [3.63, 3.8) is 0 Å². The van der Waals surface area contributed by atoms with Crippen molar-refractivity contribution in [2.24, 2.45) is 0 Å². The van der Waals surface area contributed by atoms with E-state index in [1.165, 1.54) is 10.9 Å². The Morgan fingerprint density at radius 1 is 1.60 bits per heavy atom. The van der Waals surface area contributed by atoms with Crippen LogP contribution in [0.2, 0.25) is 0 Å². The van der Waals surface area contributed by atoms with E-state index < -0.39 is 5.97 Å². The Bertz CT molecular complexity index is 448. The molecule has 2 aromatic heterocycles. The summed E-state index contributed by atoms with van der Waals surface area (Å²) in [7, 11) is 0. The minimum Gasteiger partial charge on any atom is -0.481 e. The molecule has 78 valence electrons. The van der Waals surface area contributed by atoms with Crippen LogP contribution in [-0.2, 0) is 11.3 Å². The quantitative estimate of drug-likeness (QED) is 0.781. The zero-order chi connectivity index (χ0) is 10.7. The molecule has 0 saturated carbocycles. The molecule has 0 aromatic carbocycles. The Labute approximate surface area is 84.3 Å². The van der Waals surface area contributed by atoms with E-state index >= 15 is 0 Å². The van der Waals surface area contributed by atoms with Crippen molar-refractivity contribution >= 4 is 5.97 Å². The van der Waals surface area contributed by atoms with E-state index in [1.54, 1.807) is 12.1 Å². The first-order valence-electron chi connectivity index (χ1n) is 4.29. The molecule has 7 nitrogen and oxygen atoms in total. The highest BCUT2D eigenvalue weighted by molar-refractivity contribution is 5.66. The highest BCUT2D eigenvalue weighted by Gasteiger charge is 2.11. The highest BCUT2D eigenvalue weighted by Crippen LogP contribution is 2.15. The summed E-state index contributed by atoms with van der Waals surface area (Å²) in [4.78, 5) is 10.4. The number of carbonyl (C=O) groups is 1. The molecule has 2 rings (SSSR count). The van der Waals surface area contributed by atoms with Gasteiger partial charge in [0, 0.05) is 0 Å². The predicted molar refractivity (Wildman–Crippen MR) is 47.8 cm³/mol. The third-order valence-corrected chi connectivity index (χ3v) is 1.81. The van der Waals surface area contributed by atoms with Crippen LogP contribution in [0.4, 0.5) is 0 Å². The van der Waals surface area contributed by atoms with Gasteiger partial charge >= 0.3 is 5.97 Å². The molecule has 7 heteroatoms. The number of nitrogens with zero attached hydrogens (tertiary/aromatic N) is 4. The first kappa shape index (κ1) is 9.38. The van der Waals surface area contributed by atoms with Crippen molar-refractivity contribution in [1.82, 2.24) is 20.2 Å². The molecule has 0 unspecified atom stereocenters. The van der Waals surface area contributed by atoms with Gasteiger partial charge in [-0.2, -0.15) is 0 Å². The fraction of sp³-hybridized carbons (Fsp3) is 0.250. The van der Waals surface area contributed by atoms with E-state index in [-0.39, 0.29) is 13.0 Å². The average molecular weight is 208 g/mol. The molecule has 0 aliphatic heterocycles. The van der Waals surface area contributed by atoms with Gasteiger partial charge in [0.25, 0.3) is 0 Å². The molecule has 0 fully saturated rings. The largest absolute Gasteiger partial charge is 0.481 e. The maximum absolute atomic E-state index is 10.4. The van der Waals surface area contributed by atoms with Gasteiger partial charge in [-0.15, -0.1) is 5.10 Å². The molecule has 0 radical (unpaired) electrons. The molecule has 2 heterocycles. The standard InChI is InChI=1S/C8H8N4O3/c13-7(14)3-4-12-8(9-10-11-12)6-2-1-5-15-6/h1-2,5H,3-4H2,(H,13,14). The van der Waals surface area contributed by atoms with Gasteiger partial charge in [-0.25, -0.2) is 4.68 Å². The molecule has 0 saturated heterocycles. The Morgan fingerprint density at radius 2 is 2.47 bits per heavy atom. The number of tetrazole rings is 1. The van der Waals surface area contributed by atoms with E-state index in [1.807, 2.05) is 0 Å². The SMILES string of the molecule is O=C(O)CCn1nnnc1-c1ccco1. The maximum atomic E-state index is 10.4. The third kappa shape index (κ3) is 2.01. The lowest BCUT2D eigenvalue weighted by atomic mass is 10.4. The van der Waals surface area contributed by atoms with Gasteiger partial charge in [-0.3, -0.25) is 4.79 Å². The highest BCUT2D eigenvalue weighted by atomic mass is 16.4. The molecular formula is C8H8N4O3. The zero-order valence-electron chi connectivity index (χ0n) is 7.70. The number of carboxylic acid groups (broad SMARTS) is 1. The van der Waals surface area contributed by atoms with Crippen LogP contribution in [0.3, 0.4) is 0 Å². The summed E-state index contributed by atoms with van der Waals surface area (Å²) in [6, 6.07) is 3.43. The molecule has 2 aromatic rings. The molecule has 1 N–H and O–H groups in total. The van der Waals surface area contributed by atoms with E-state index in [4.69, 9.17) is 9.52 Å². The Balaban J connectivity index is 2.19. The predicted octanol–water partition coefficient (Wildman–Crippen LogP) is 0.408. The summed E-state index contributed by atoms with van der Waals surface area (Å²) < 4.78 is 6.51. The topological polar surface area (TPSA) is 94.0 Å². The van der Waals surface area contributed by atoms with Gasteiger partial charge in [-0.1, -0.05) is 0 Å². The minimum absolute atomic E-state index is 0.0290. The lowest BCUT2D eigenvalue weighted by Gasteiger charge is -1.99. The van der Waals surface area contributed by atoms with Crippen molar-refractivity contribution in [3.05, 3.63) is 18.4 Å². The molecule has 0 amide bonds. The fourth-order valence-electron chi connectivity index (χ4n) is 1.14. The van der Waals surface area contributed by atoms with Gasteiger partial charge in [0.1, 0.15) is 0 Å². The number of aryl methyl sites for hydroxylation is 1. The molecule has 0 spiro atoms. The van der Waals surface area contributed by atoms with Crippen molar-refractivity contribution < 1.29 is 14.3 Å². The summed E-state index contributed by atoms with van der Waals surface area (Å²) >= 11 is 0. The summed E-state index contributed by atoms with van der Waals surface area (Å²) in [5.41, 5.74) is 0. The van der Waals surface area contributed by atoms with Gasteiger partial charge in [0.15, 0.2) is 5.76 Å². The lowest BCUT2D eigenvalue weighted by molar-refractivity contribution is -0.137. The Morgan fingerprint density at radius 3 is 3.13 bits per heavy atom.